The SMILES string of the molecule is CNc1cc(NC2CC(C)C2)nc(COC)n1. The van der Waals surface area contributed by atoms with Crippen LogP contribution in [-0.2, 0) is 11.3 Å². The van der Waals surface area contributed by atoms with Crippen LogP contribution in [0.15, 0.2) is 6.07 Å². The van der Waals surface area contributed by atoms with Crippen LogP contribution in [0.25, 0.3) is 0 Å². The maximum atomic E-state index is 5.06. The van der Waals surface area contributed by atoms with Crippen molar-refractivity contribution in [2.24, 2.45) is 5.92 Å². The molecule has 0 atom stereocenters. The molecule has 0 aromatic carbocycles. The number of methoxy groups -OCH3 is 1. The van der Waals surface area contributed by atoms with Crippen molar-refractivity contribution < 1.29 is 4.74 Å². The first-order valence-electron chi connectivity index (χ1n) is 6.02. The fraction of sp³-hybridized carbons (Fsp3) is 0.667. The zero-order valence-corrected chi connectivity index (χ0v) is 10.7. The summed E-state index contributed by atoms with van der Waals surface area (Å²) in [5.74, 6) is 3.24. The third kappa shape index (κ3) is 3.06. The Hall–Kier alpha value is -1.36. The van der Waals surface area contributed by atoms with Gasteiger partial charge in [0, 0.05) is 26.3 Å². The van der Waals surface area contributed by atoms with Crippen LogP contribution in [0.4, 0.5) is 11.6 Å². The summed E-state index contributed by atoms with van der Waals surface area (Å²) in [7, 11) is 3.50. The maximum Gasteiger partial charge on any atom is 0.158 e. The highest BCUT2D eigenvalue weighted by Crippen LogP contribution is 2.29. The van der Waals surface area contributed by atoms with Gasteiger partial charge in [0.05, 0.1) is 0 Å². The minimum atomic E-state index is 0.436. The van der Waals surface area contributed by atoms with Crippen molar-refractivity contribution in [1.82, 2.24) is 9.97 Å². The van der Waals surface area contributed by atoms with E-state index in [0.717, 1.165) is 17.6 Å². The standard InChI is InChI=1S/C12H20N4O/c1-8-4-9(5-8)14-11-6-10(13-2)15-12(16-11)7-17-3/h6,8-9H,4-5,7H2,1-3H3,(H2,13,14,15,16). The number of anilines is 2. The van der Waals surface area contributed by atoms with E-state index in [0.29, 0.717) is 18.5 Å². The third-order valence-corrected chi connectivity index (χ3v) is 3.03. The van der Waals surface area contributed by atoms with Crippen molar-refractivity contribution in [2.75, 3.05) is 24.8 Å². The van der Waals surface area contributed by atoms with Crippen LogP contribution < -0.4 is 10.6 Å². The number of aromatic nitrogens is 2. The van der Waals surface area contributed by atoms with Crippen molar-refractivity contribution in [2.45, 2.75) is 32.4 Å². The van der Waals surface area contributed by atoms with Gasteiger partial charge in [-0.2, -0.15) is 0 Å². The van der Waals surface area contributed by atoms with Crippen molar-refractivity contribution >= 4 is 11.6 Å². The Morgan fingerprint density at radius 3 is 2.65 bits per heavy atom. The van der Waals surface area contributed by atoms with Gasteiger partial charge in [0.1, 0.15) is 18.2 Å². The summed E-state index contributed by atoms with van der Waals surface area (Å²) >= 11 is 0. The lowest BCUT2D eigenvalue weighted by atomic mass is 9.82. The summed E-state index contributed by atoms with van der Waals surface area (Å²) in [4.78, 5) is 8.75. The molecule has 0 bridgehead atoms. The molecule has 1 fully saturated rings. The van der Waals surface area contributed by atoms with E-state index in [-0.39, 0.29) is 0 Å². The molecule has 1 aromatic heterocycles. The zero-order chi connectivity index (χ0) is 12.3. The second-order valence-corrected chi connectivity index (χ2v) is 4.66. The van der Waals surface area contributed by atoms with E-state index in [1.807, 2.05) is 13.1 Å². The van der Waals surface area contributed by atoms with Crippen molar-refractivity contribution in [3.05, 3.63) is 11.9 Å². The van der Waals surface area contributed by atoms with Gasteiger partial charge in [-0.05, 0) is 18.8 Å². The lowest BCUT2D eigenvalue weighted by Gasteiger charge is -2.33. The second kappa shape index (κ2) is 5.31. The molecule has 1 aliphatic rings. The van der Waals surface area contributed by atoms with Gasteiger partial charge in [0.25, 0.3) is 0 Å². The lowest BCUT2D eigenvalue weighted by molar-refractivity contribution is 0.178. The quantitative estimate of drug-likeness (QED) is 0.817. The third-order valence-electron chi connectivity index (χ3n) is 3.03. The first-order chi connectivity index (χ1) is 8.21. The molecule has 5 heteroatoms. The predicted octanol–water partition coefficient (Wildman–Crippen LogP) is 1.88. The van der Waals surface area contributed by atoms with Gasteiger partial charge in [-0.25, -0.2) is 9.97 Å². The molecule has 1 aliphatic carbocycles. The van der Waals surface area contributed by atoms with Crippen LogP contribution in [0.3, 0.4) is 0 Å². The normalized spacial score (nSPS) is 23.0. The second-order valence-electron chi connectivity index (χ2n) is 4.66. The van der Waals surface area contributed by atoms with Gasteiger partial charge in [0.15, 0.2) is 5.82 Å². The summed E-state index contributed by atoms with van der Waals surface area (Å²) in [6, 6.07) is 2.49. The Labute approximate surface area is 102 Å². The summed E-state index contributed by atoms with van der Waals surface area (Å²) in [6.07, 6.45) is 2.44. The molecule has 0 unspecified atom stereocenters. The smallest absolute Gasteiger partial charge is 0.158 e. The van der Waals surface area contributed by atoms with Crippen LogP contribution in [0.1, 0.15) is 25.6 Å². The van der Waals surface area contributed by atoms with Crippen molar-refractivity contribution in [3.63, 3.8) is 0 Å². The topological polar surface area (TPSA) is 59.1 Å². The van der Waals surface area contributed by atoms with E-state index < -0.39 is 0 Å². The van der Waals surface area contributed by atoms with Crippen molar-refractivity contribution in [3.8, 4) is 0 Å². The average molecular weight is 236 g/mol. The van der Waals surface area contributed by atoms with Gasteiger partial charge < -0.3 is 15.4 Å². The number of nitrogens with one attached hydrogen (secondary N) is 2. The minimum Gasteiger partial charge on any atom is -0.377 e. The van der Waals surface area contributed by atoms with Crippen LogP contribution in [-0.4, -0.2) is 30.2 Å². The van der Waals surface area contributed by atoms with E-state index in [1.54, 1.807) is 7.11 Å². The molecule has 2 N–H and O–H groups in total. The summed E-state index contributed by atoms with van der Waals surface area (Å²) in [5.41, 5.74) is 0. The zero-order valence-electron chi connectivity index (χ0n) is 10.7. The first kappa shape index (κ1) is 12.1. The van der Waals surface area contributed by atoms with Gasteiger partial charge in [-0.15, -0.1) is 0 Å². The summed E-state index contributed by atoms with van der Waals surface area (Å²) in [5, 5.41) is 6.47. The predicted molar refractivity (Wildman–Crippen MR) is 68.1 cm³/mol. The Morgan fingerprint density at radius 1 is 1.35 bits per heavy atom. The minimum absolute atomic E-state index is 0.436. The molecular weight excluding hydrogens is 216 g/mol. The van der Waals surface area contributed by atoms with Gasteiger partial charge in [-0.1, -0.05) is 6.92 Å². The summed E-state index contributed by atoms with van der Waals surface area (Å²) in [6.45, 7) is 2.71. The molecule has 0 saturated heterocycles. The first-order valence-corrected chi connectivity index (χ1v) is 6.02. The van der Waals surface area contributed by atoms with Gasteiger partial charge >= 0.3 is 0 Å². The van der Waals surface area contributed by atoms with Gasteiger partial charge in [-0.3, -0.25) is 0 Å². The van der Waals surface area contributed by atoms with Crippen LogP contribution in [0.5, 0.6) is 0 Å². The molecule has 0 amide bonds. The number of rotatable bonds is 5. The number of nitrogens with zero attached hydrogens (tertiary/aromatic N) is 2. The Bertz CT molecular complexity index is 377. The highest BCUT2D eigenvalue weighted by atomic mass is 16.5. The lowest BCUT2D eigenvalue weighted by Crippen LogP contribution is -2.34. The van der Waals surface area contributed by atoms with Crippen LogP contribution in [0, 0.1) is 5.92 Å². The number of hydrogen-bond acceptors (Lipinski definition) is 5. The summed E-state index contributed by atoms with van der Waals surface area (Å²) < 4.78 is 5.06. The molecule has 1 saturated carbocycles. The Balaban J connectivity index is 2.06. The van der Waals surface area contributed by atoms with E-state index >= 15 is 0 Å². The molecule has 17 heavy (non-hydrogen) atoms. The van der Waals surface area contributed by atoms with E-state index in [2.05, 4.69) is 27.5 Å². The molecule has 0 spiro atoms. The molecule has 1 heterocycles. The largest absolute Gasteiger partial charge is 0.377 e. The Morgan fingerprint density at radius 2 is 2.06 bits per heavy atom. The van der Waals surface area contributed by atoms with Crippen LogP contribution in [0.2, 0.25) is 0 Å². The molecule has 5 nitrogen and oxygen atoms in total. The highest BCUT2D eigenvalue weighted by Gasteiger charge is 2.25. The fourth-order valence-electron chi connectivity index (χ4n) is 2.12. The molecule has 2 rings (SSSR count). The van der Waals surface area contributed by atoms with Gasteiger partial charge in [0.2, 0.25) is 0 Å². The molecule has 0 aliphatic heterocycles. The molecular formula is C12H20N4O. The fourth-order valence-corrected chi connectivity index (χ4v) is 2.12. The number of ether oxygens (including phenoxy) is 1. The average Bonchev–Trinajstić information content (AvgIpc) is 2.27. The molecule has 0 radical (unpaired) electrons. The van der Waals surface area contributed by atoms with E-state index in [9.17, 15) is 0 Å². The van der Waals surface area contributed by atoms with E-state index in [4.69, 9.17) is 4.74 Å². The molecule has 94 valence electrons. The Kier molecular flexibility index (Phi) is 3.78. The van der Waals surface area contributed by atoms with E-state index in [1.165, 1.54) is 12.8 Å². The number of hydrogen-bond donors (Lipinski definition) is 2. The highest BCUT2D eigenvalue weighted by molar-refractivity contribution is 5.48. The van der Waals surface area contributed by atoms with Crippen LogP contribution >= 0.6 is 0 Å². The molecule has 1 aromatic rings. The van der Waals surface area contributed by atoms with Crippen molar-refractivity contribution in [1.29, 1.82) is 0 Å². The maximum absolute atomic E-state index is 5.06. The monoisotopic (exact) mass is 236 g/mol.